The first-order valence-electron chi connectivity index (χ1n) is 20.9. The van der Waals surface area contributed by atoms with Crippen LogP contribution in [0.25, 0.3) is 5.57 Å². The molecule has 6 atom stereocenters. The van der Waals surface area contributed by atoms with E-state index in [0.29, 0.717) is 28.5 Å². The number of aryl methyl sites for hydroxylation is 1. The van der Waals surface area contributed by atoms with Gasteiger partial charge in [0.05, 0.1) is 21.9 Å². The Morgan fingerprint density at radius 1 is 0.656 bits per heavy atom. The van der Waals surface area contributed by atoms with E-state index in [2.05, 4.69) is 21.3 Å². The SMILES string of the molecule is CNC(=O)[C@H](CC1=CCc2ccccc21)NC(=O)[C@](O)(CC(C)C)[C@H](C)C(=O)NO.CNC(=O)[C@H](Cc1ccc(Cl)c(Cl)c1)NC(=O)[C@](O)(CCCc1ccccc1)[C@H](C)C(=O)NO. The summed E-state index contributed by atoms with van der Waals surface area (Å²) < 4.78 is 0. The normalized spacial score (nSPS) is 15.5. The third-order valence-corrected chi connectivity index (χ3v) is 12.1. The van der Waals surface area contributed by atoms with Crippen LogP contribution in [0.5, 0.6) is 0 Å². The number of hydrogen-bond acceptors (Lipinski definition) is 10. The maximum Gasteiger partial charge on any atom is 0.253 e. The third-order valence-electron chi connectivity index (χ3n) is 11.3. The number of allylic oxidation sites excluding steroid dienone is 1. The van der Waals surface area contributed by atoms with E-state index in [1.165, 1.54) is 38.9 Å². The number of hydrogen-bond donors (Lipinski definition) is 10. The predicted molar refractivity (Wildman–Crippen MR) is 242 cm³/mol. The highest BCUT2D eigenvalue weighted by atomic mass is 35.5. The Kier molecular flexibility index (Phi) is 20.4. The zero-order valence-electron chi connectivity index (χ0n) is 36.8. The molecule has 0 bridgehead atoms. The van der Waals surface area contributed by atoms with Gasteiger partial charge in [-0.05, 0) is 78.0 Å². The van der Waals surface area contributed by atoms with Gasteiger partial charge < -0.3 is 31.5 Å². The van der Waals surface area contributed by atoms with Crippen LogP contribution in [0, 0.1) is 17.8 Å². The zero-order valence-corrected chi connectivity index (χ0v) is 38.3. The van der Waals surface area contributed by atoms with Crippen LogP contribution in [-0.2, 0) is 48.0 Å². The lowest BCUT2D eigenvalue weighted by atomic mass is 9.80. The van der Waals surface area contributed by atoms with Crippen molar-refractivity contribution in [2.75, 3.05) is 14.1 Å². The smallest absolute Gasteiger partial charge is 0.253 e. The Labute approximate surface area is 383 Å². The molecule has 64 heavy (non-hydrogen) atoms. The van der Waals surface area contributed by atoms with Crippen molar-refractivity contribution in [2.45, 2.75) is 95.9 Å². The molecule has 0 saturated carbocycles. The molecule has 0 radical (unpaired) electrons. The molecule has 1 aliphatic rings. The number of amides is 6. The van der Waals surface area contributed by atoms with Gasteiger partial charge in [0.25, 0.3) is 11.8 Å². The highest BCUT2D eigenvalue weighted by Crippen LogP contribution is 2.32. The molecular weight excluding hydrogens is 867 g/mol. The van der Waals surface area contributed by atoms with Gasteiger partial charge in [0, 0.05) is 26.9 Å². The van der Waals surface area contributed by atoms with Gasteiger partial charge in [-0.25, -0.2) is 11.0 Å². The Morgan fingerprint density at radius 3 is 1.73 bits per heavy atom. The van der Waals surface area contributed by atoms with E-state index in [1.54, 1.807) is 32.0 Å². The molecule has 0 unspecified atom stereocenters. The van der Waals surface area contributed by atoms with Gasteiger partial charge in [-0.2, -0.15) is 0 Å². The molecule has 0 aliphatic heterocycles. The number of fused-ring (bicyclic) bond motifs is 1. The van der Waals surface area contributed by atoms with Crippen molar-refractivity contribution in [1.29, 1.82) is 0 Å². The molecule has 10 N–H and O–H groups in total. The van der Waals surface area contributed by atoms with Crippen molar-refractivity contribution < 1.29 is 49.4 Å². The molecule has 0 saturated heterocycles. The third kappa shape index (κ3) is 14.1. The molecule has 0 spiro atoms. The van der Waals surface area contributed by atoms with E-state index in [-0.39, 0.29) is 31.6 Å². The van der Waals surface area contributed by atoms with Crippen LogP contribution in [-0.4, -0.2) is 93.5 Å². The minimum absolute atomic E-state index is 0.0145. The Morgan fingerprint density at radius 2 is 1.19 bits per heavy atom. The maximum atomic E-state index is 13.3. The number of hydroxylamine groups is 2. The summed E-state index contributed by atoms with van der Waals surface area (Å²) in [6, 6.07) is 20.2. The lowest BCUT2D eigenvalue weighted by molar-refractivity contribution is -0.159. The molecule has 0 fully saturated rings. The number of aliphatic hydroxyl groups is 2. The van der Waals surface area contributed by atoms with Crippen LogP contribution in [0.4, 0.5) is 0 Å². The van der Waals surface area contributed by atoms with Gasteiger partial charge in [-0.3, -0.25) is 39.2 Å². The highest BCUT2D eigenvalue weighted by molar-refractivity contribution is 6.42. The first kappa shape index (κ1) is 53.0. The summed E-state index contributed by atoms with van der Waals surface area (Å²) in [5.74, 6) is -7.04. The van der Waals surface area contributed by atoms with Gasteiger partial charge in [-0.15, -0.1) is 0 Å². The Balaban J connectivity index is 0.000000343. The van der Waals surface area contributed by atoms with Crippen LogP contribution in [0.1, 0.15) is 75.6 Å². The quantitative estimate of drug-likeness (QED) is 0.0579. The molecule has 3 aromatic rings. The summed E-state index contributed by atoms with van der Waals surface area (Å²) in [5, 5.41) is 51.3. The van der Waals surface area contributed by atoms with Crippen molar-refractivity contribution >= 4 is 64.2 Å². The zero-order chi connectivity index (χ0) is 47.8. The van der Waals surface area contributed by atoms with E-state index in [1.807, 2.05) is 60.7 Å². The van der Waals surface area contributed by atoms with Crippen LogP contribution in [0.3, 0.4) is 0 Å². The van der Waals surface area contributed by atoms with Crippen LogP contribution < -0.4 is 32.2 Å². The summed E-state index contributed by atoms with van der Waals surface area (Å²) in [4.78, 5) is 75.4. The monoisotopic (exact) mass is 926 g/mol. The fourth-order valence-corrected chi connectivity index (χ4v) is 7.77. The van der Waals surface area contributed by atoms with Gasteiger partial charge in [0.15, 0.2) is 11.2 Å². The average molecular weight is 928 g/mol. The molecule has 6 amide bonds. The molecule has 348 valence electrons. The Bertz CT molecular complexity index is 2140. The molecule has 18 heteroatoms. The molecule has 4 rings (SSSR count). The van der Waals surface area contributed by atoms with Crippen molar-refractivity contribution in [1.82, 2.24) is 32.2 Å². The topological polar surface area (TPSA) is 256 Å². The first-order chi connectivity index (χ1) is 30.2. The summed E-state index contributed by atoms with van der Waals surface area (Å²) in [7, 11) is 2.89. The van der Waals surface area contributed by atoms with Crippen LogP contribution in [0.2, 0.25) is 10.0 Å². The second kappa shape index (κ2) is 24.6. The van der Waals surface area contributed by atoms with E-state index >= 15 is 0 Å². The number of nitrogens with one attached hydrogen (secondary N) is 6. The number of halogens is 2. The summed E-state index contributed by atoms with van der Waals surface area (Å²) in [6.07, 6.45) is 3.96. The van der Waals surface area contributed by atoms with E-state index < -0.39 is 70.6 Å². The predicted octanol–water partition coefficient (Wildman–Crippen LogP) is 3.83. The lowest BCUT2D eigenvalue weighted by Gasteiger charge is -2.34. The van der Waals surface area contributed by atoms with Crippen molar-refractivity contribution in [3.05, 3.63) is 111 Å². The molecule has 0 aromatic heterocycles. The largest absolute Gasteiger partial charge is 0.379 e. The van der Waals surface area contributed by atoms with Gasteiger partial charge in [-0.1, -0.05) is 118 Å². The van der Waals surface area contributed by atoms with Gasteiger partial charge >= 0.3 is 0 Å². The molecule has 3 aromatic carbocycles. The summed E-state index contributed by atoms with van der Waals surface area (Å²) in [5.41, 5.74) is 3.48. The fourth-order valence-electron chi connectivity index (χ4n) is 7.45. The van der Waals surface area contributed by atoms with E-state index in [0.717, 1.165) is 28.7 Å². The Hall–Kier alpha value is -5.36. The highest BCUT2D eigenvalue weighted by Gasteiger charge is 2.47. The lowest BCUT2D eigenvalue weighted by Crippen LogP contribution is -2.59. The second-order valence-electron chi connectivity index (χ2n) is 16.2. The van der Waals surface area contributed by atoms with Crippen molar-refractivity contribution in [3.8, 4) is 0 Å². The molecule has 16 nitrogen and oxygen atoms in total. The minimum Gasteiger partial charge on any atom is -0.379 e. The van der Waals surface area contributed by atoms with Crippen LogP contribution >= 0.6 is 23.2 Å². The van der Waals surface area contributed by atoms with Crippen molar-refractivity contribution in [3.63, 3.8) is 0 Å². The van der Waals surface area contributed by atoms with E-state index in [9.17, 15) is 39.0 Å². The number of likely N-dealkylation sites (N-methyl/N-ethyl adjacent to an activating group) is 2. The number of rotatable bonds is 20. The molecular formula is C46H60Cl2N6O10. The second-order valence-corrected chi connectivity index (χ2v) is 17.0. The van der Waals surface area contributed by atoms with E-state index in [4.69, 9.17) is 33.6 Å². The summed E-state index contributed by atoms with van der Waals surface area (Å²) >= 11 is 12.0. The van der Waals surface area contributed by atoms with Crippen molar-refractivity contribution in [2.24, 2.45) is 17.8 Å². The number of benzene rings is 3. The van der Waals surface area contributed by atoms with Crippen LogP contribution in [0.15, 0.2) is 78.9 Å². The number of carbonyl (C=O) groups excluding carboxylic acids is 6. The molecule has 1 aliphatic carbocycles. The van der Waals surface area contributed by atoms with Gasteiger partial charge in [0.1, 0.15) is 12.1 Å². The first-order valence-corrected chi connectivity index (χ1v) is 21.6. The summed E-state index contributed by atoms with van der Waals surface area (Å²) in [6.45, 7) is 6.30. The standard InChI is InChI=1S/C24H29Cl2N3O5.C22H31N3O5/c1-15(21(30)29-34)24(33,12-6-9-16-7-4-3-5-8-16)23(32)28-20(22(31)27-2)14-17-10-11-18(25)19(26)13-17;1-13(2)12-22(29,14(3)19(26)25-30)21(28)24-18(20(27)23-4)11-16-10-9-15-7-5-6-8-17(15)16/h3-5,7-8,10-11,13,15,20,33-34H,6,9,12,14H2,1-2H3,(H,27,31)(H,28,32)(H,29,30);5-8,10,13-14,18,29-30H,9,11-12H2,1-4H3,(H,23,27)(H,24,28)(H,25,26)/t15-,20+,24+;14-,18+,22+/m11/s1. The van der Waals surface area contributed by atoms with Gasteiger partial charge in [0.2, 0.25) is 23.6 Å². The maximum absolute atomic E-state index is 13.3. The minimum atomic E-state index is -2.18. The number of carbonyl (C=O) groups is 6. The average Bonchev–Trinajstić information content (AvgIpc) is 3.70. The fraction of sp³-hybridized carbons (Fsp3) is 0.435. The molecule has 0 heterocycles.